The third kappa shape index (κ3) is 15.7. The van der Waals surface area contributed by atoms with Crippen LogP contribution in [-0.2, 0) is 40.1 Å². The number of ether oxygens (including phenoxy) is 2. The molecule has 15 nitrogen and oxygen atoms in total. The number of benzene rings is 4. The Kier molecular flexibility index (Phi) is 19.1. The Morgan fingerprint density at radius 1 is 0.612 bits per heavy atom. The van der Waals surface area contributed by atoms with Crippen LogP contribution in [0.5, 0.6) is 11.5 Å². The van der Waals surface area contributed by atoms with Gasteiger partial charge in [-0.05, 0) is 95.3 Å². The minimum Gasteiger partial charge on any atom is -0.493 e. The molecule has 0 saturated carbocycles. The van der Waals surface area contributed by atoms with Crippen molar-refractivity contribution >= 4 is 31.9 Å². The second-order valence-electron chi connectivity index (χ2n) is 18.5. The summed E-state index contributed by atoms with van der Waals surface area (Å²) in [6.07, 6.45) is -1.42. The van der Waals surface area contributed by atoms with Crippen LogP contribution in [0.3, 0.4) is 0 Å². The van der Waals surface area contributed by atoms with Crippen molar-refractivity contribution in [3.63, 3.8) is 0 Å². The largest absolute Gasteiger partial charge is 0.493 e. The van der Waals surface area contributed by atoms with E-state index in [1.54, 1.807) is 29.2 Å². The fourth-order valence-corrected chi connectivity index (χ4v) is 8.44. The van der Waals surface area contributed by atoms with Crippen molar-refractivity contribution in [1.29, 1.82) is 0 Å². The molecule has 67 heavy (non-hydrogen) atoms. The van der Waals surface area contributed by atoms with E-state index in [1.807, 2.05) is 72.8 Å². The predicted molar refractivity (Wildman–Crippen MR) is 259 cm³/mol. The highest BCUT2D eigenvalue weighted by Crippen LogP contribution is 2.38. The number of rotatable bonds is 18. The van der Waals surface area contributed by atoms with Gasteiger partial charge in [-0.3, -0.25) is 19.2 Å². The number of nitrogens with zero attached hydrogens (tertiary/aromatic N) is 2. The first-order valence-electron chi connectivity index (χ1n) is 23.0. The van der Waals surface area contributed by atoms with Crippen molar-refractivity contribution in [3.8, 4) is 11.5 Å². The van der Waals surface area contributed by atoms with Gasteiger partial charge in [0.05, 0.1) is 50.5 Å². The van der Waals surface area contributed by atoms with E-state index < -0.39 is 26.6 Å². The van der Waals surface area contributed by atoms with Crippen molar-refractivity contribution in [2.24, 2.45) is 5.73 Å². The van der Waals surface area contributed by atoms with Crippen LogP contribution in [0.2, 0.25) is 18.1 Å². The van der Waals surface area contributed by atoms with E-state index in [0.29, 0.717) is 55.3 Å². The van der Waals surface area contributed by atoms with E-state index in [-0.39, 0.29) is 73.9 Å². The molecule has 0 bridgehead atoms. The van der Waals surface area contributed by atoms with Crippen LogP contribution in [0, 0.1) is 0 Å². The molecule has 4 atom stereocenters. The van der Waals surface area contributed by atoms with Gasteiger partial charge in [0.25, 0.3) is 11.8 Å². The van der Waals surface area contributed by atoms with Gasteiger partial charge < -0.3 is 55.4 Å². The Labute approximate surface area is 395 Å². The van der Waals surface area contributed by atoms with Gasteiger partial charge in [-0.25, -0.2) is 0 Å². The summed E-state index contributed by atoms with van der Waals surface area (Å²) >= 11 is 0. The van der Waals surface area contributed by atoms with Gasteiger partial charge >= 0.3 is 0 Å². The van der Waals surface area contributed by atoms with Crippen LogP contribution in [0.15, 0.2) is 97.1 Å². The molecule has 362 valence electrons. The molecule has 2 saturated heterocycles. The number of aliphatic hydroxyl groups excluding tert-OH is 3. The maximum Gasteiger partial charge on any atom is 0.251 e. The molecule has 2 fully saturated rings. The molecule has 4 aromatic carbocycles. The Balaban J connectivity index is 0.000000256. The van der Waals surface area contributed by atoms with E-state index in [4.69, 9.17) is 19.6 Å². The number of likely N-dealkylation sites (tertiary alicyclic amines) is 2. The number of carbonyl (C=O) groups excluding carboxylic acids is 4. The highest BCUT2D eigenvalue weighted by Gasteiger charge is 2.44. The minimum absolute atomic E-state index is 0.0415. The van der Waals surface area contributed by atoms with E-state index in [9.17, 15) is 34.5 Å². The zero-order valence-corrected chi connectivity index (χ0v) is 40.7. The zero-order valence-electron chi connectivity index (χ0n) is 39.7. The second-order valence-corrected chi connectivity index (χ2v) is 23.3. The highest BCUT2D eigenvalue weighted by molar-refractivity contribution is 6.74. The summed E-state index contributed by atoms with van der Waals surface area (Å²) in [5.74, 6) is 0.812. The first-order valence-corrected chi connectivity index (χ1v) is 25.9. The number of carbonyl (C=O) groups is 4. The SMILES string of the molecule is CCc1ccc(C(=O)NCc2ccc(OCCC(=O)N3C[C@H](O[Si](C)(C)C(C)(C)C)[C@@H](O)C3)cc2)cc1.NCc1ccc(C(=O)NCc2ccc(OCCC(=O)N3C[C@H](O)[C@@H](O)C3)cc2)cc1. The van der Waals surface area contributed by atoms with Crippen molar-refractivity contribution < 1.29 is 48.4 Å². The van der Waals surface area contributed by atoms with E-state index in [1.165, 1.54) is 10.5 Å². The standard InChI is InChI=1S/C29H42N2O5Si.C22H27N3O5/c1-7-21-8-12-23(13-9-21)28(34)30-18-22-10-14-24(15-11-22)35-17-16-27(33)31-19-25(32)26(20-31)36-37(5,6)29(2,3)4;23-11-15-1-5-17(6-2-15)22(29)24-12-16-3-7-18(8-4-16)30-10-9-21(28)25-13-19(26)20(27)14-25/h8-15,25-26,32H,7,16-20H2,1-6H3,(H,30,34);1-8,19-20,26-27H,9-14,23H2,(H,24,29)/t25-,26-;19-,20-/m00/s1. The molecule has 2 heterocycles. The Morgan fingerprint density at radius 3 is 1.40 bits per heavy atom. The average Bonchev–Trinajstić information content (AvgIpc) is 3.86. The molecule has 16 heteroatoms. The van der Waals surface area contributed by atoms with Gasteiger partial charge in [-0.15, -0.1) is 0 Å². The fraction of sp³-hybridized carbons (Fsp3) is 0.451. The molecule has 0 spiro atoms. The molecule has 0 aromatic heterocycles. The molecule has 6 rings (SSSR count). The van der Waals surface area contributed by atoms with E-state index >= 15 is 0 Å². The number of hydrogen-bond donors (Lipinski definition) is 6. The number of nitrogens with one attached hydrogen (secondary N) is 2. The predicted octanol–water partition coefficient (Wildman–Crippen LogP) is 4.95. The summed E-state index contributed by atoms with van der Waals surface area (Å²) < 4.78 is 17.7. The highest BCUT2D eigenvalue weighted by atomic mass is 28.4. The molecule has 7 N–H and O–H groups in total. The van der Waals surface area contributed by atoms with Crippen molar-refractivity contribution in [2.45, 2.75) is 109 Å². The maximum atomic E-state index is 12.7. The number of aliphatic hydroxyl groups is 3. The number of hydrogen-bond acceptors (Lipinski definition) is 11. The fourth-order valence-electron chi connectivity index (χ4n) is 7.09. The van der Waals surface area contributed by atoms with Crippen LogP contribution in [0.4, 0.5) is 0 Å². The van der Waals surface area contributed by atoms with Gasteiger partial charge in [0.15, 0.2) is 8.32 Å². The normalized spacial score (nSPS) is 18.2. The van der Waals surface area contributed by atoms with Gasteiger partial charge in [-0.1, -0.05) is 76.2 Å². The quantitative estimate of drug-likeness (QED) is 0.0735. The number of β-amino-alcohol motifs (C(OH)–C–C–N with tert-alkyl or cyclic N) is 3. The molecule has 4 aromatic rings. The van der Waals surface area contributed by atoms with Crippen molar-refractivity contribution in [1.82, 2.24) is 20.4 Å². The first kappa shape index (κ1) is 52.3. The summed E-state index contributed by atoms with van der Waals surface area (Å²) in [5.41, 5.74) is 10.8. The molecular formula is C51H69N5O10Si. The van der Waals surface area contributed by atoms with Crippen molar-refractivity contribution in [2.75, 3.05) is 39.4 Å². The molecule has 0 radical (unpaired) electrons. The molecule has 2 aliphatic heterocycles. The van der Waals surface area contributed by atoms with E-state index in [0.717, 1.165) is 23.1 Å². The summed E-state index contributed by atoms with van der Waals surface area (Å²) in [6.45, 7) is 15.6. The maximum absolute atomic E-state index is 12.7. The summed E-state index contributed by atoms with van der Waals surface area (Å²) in [5, 5.41) is 35.3. The van der Waals surface area contributed by atoms with E-state index in [2.05, 4.69) is 51.4 Å². The van der Waals surface area contributed by atoms with Crippen LogP contribution < -0.4 is 25.8 Å². The lowest BCUT2D eigenvalue weighted by Gasteiger charge is -2.38. The monoisotopic (exact) mass is 939 g/mol. The summed E-state index contributed by atoms with van der Waals surface area (Å²) in [4.78, 5) is 52.4. The Bertz CT molecular complexity index is 2210. The molecule has 4 amide bonds. The van der Waals surface area contributed by atoms with Crippen LogP contribution in [-0.4, -0.2) is 121 Å². The first-order chi connectivity index (χ1) is 31.8. The summed E-state index contributed by atoms with van der Waals surface area (Å²) in [7, 11) is -2.03. The van der Waals surface area contributed by atoms with Crippen LogP contribution >= 0.6 is 0 Å². The third-order valence-electron chi connectivity index (χ3n) is 12.5. The van der Waals surface area contributed by atoms with Crippen LogP contribution in [0.25, 0.3) is 0 Å². The third-order valence-corrected chi connectivity index (χ3v) is 17.0. The lowest BCUT2D eigenvalue weighted by Crippen LogP contribution is -2.47. The average molecular weight is 940 g/mol. The van der Waals surface area contributed by atoms with Crippen LogP contribution in [0.1, 0.15) is 83.5 Å². The van der Waals surface area contributed by atoms with Gasteiger partial charge in [-0.2, -0.15) is 0 Å². The Hall–Kier alpha value is -5.62. The van der Waals surface area contributed by atoms with Gasteiger partial charge in [0, 0.05) is 56.9 Å². The zero-order chi connectivity index (χ0) is 48.7. The lowest BCUT2D eigenvalue weighted by atomic mass is 10.1. The van der Waals surface area contributed by atoms with Crippen molar-refractivity contribution in [3.05, 3.63) is 130 Å². The lowest BCUT2D eigenvalue weighted by molar-refractivity contribution is -0.132. The number of amides is 4. The minimum atomic E-state index is -2.03. The molecule has 0 unspecified atom stereocenters. The smallest absolute Gasteiger partial charge is 0.251 e. The molecule has 0 aliphatic carbocycles. The summed E-state index contributed by atoms with van der Waals surface area (Å²) in [6, 6.07) is 29.5. The Morgan fingerprint density at radius 2 is 1.00 bits per heavy atom. The molecule has 2 aliphatic rings. The number of aryl methyl sites for hydroxylation is 1. The molecular weight excluding hydrogens is 871 g/mol. The van der Waals surface area contributed by atoms with Gasteiger partial charge in [0.1, 0.15) is 11.5 Å². The second kappa shape index (κ2) is 24.4. The van der Waals surface area contributed by atoms with Gasteiger partial charge in [0.2, 0.25) is 11.8 Å². The number of nitrogens with two attached hydrogens (primary N) is 1. The topological polar surface area (TPSA) is 213 Å².